The smallest absolute Gasteiger partial charge is 0.225 e. The number of anilines is 1. The molecule has 2 heterocycles. The van der Waals surface area contributed by atoms with Crippen LogP contribution in [0.5, 0.6) is 0 Å². The van der Waals surface area contributed by atoms with Crippen LogP contribution in [0.15, 0.2) is 11.7 Å². The third-order valence-corrected chi connectivity index (χ3v) is 4.02. The summed E-state index contributed by atoms with van der Waals surface area (Å²) in [6.45, 7) is 5.64. The molecule has 0 bridgehead atoms. The van der Waals surface area contributed by atoms with E-state index in [0.717, 1.165) is 29.6 Å². The summed E-state index contributed by atoms with van der Waals surface area (Å²) in [6.07, 6.45) is 2.52. The van der Waals surface area contributed by atoms with Crippen LogP contribution in [0.3, 0.4) is 0 Å². The molecule has 0 spiro atoms. The Labute approximate surface area is 128 Å². The van der Waals surface area contributed by atoms with E-state index in [2.05, 4.69) is 20.5 Å². The molecule has 2 rings (SSSR count). The molecule has 0 radical (unpaired) electrons. The predicted molar refractivity (Wildman–Crippen MR) is 82.2 cm³/mol. The first-order valence-corrected chi connectivity index (χ1v) is 7.76. The van der Waals surface area contributed by atoms with Gasteiger partial charge in [-0.3, -0.25) is 9.69 Å². The van der Waals surface area contributed by atoms with Gasteiger partial charge in [0.25, 0.3) is 0 Å². The minimum Gasteiger partial charge on any atom is -0.321 e. The zero-order valence-corrected chi connectivity index (χ0v) is 13.4. The zero-order valence-electron chi connectivity index (χ0n) is 12.5. The van der Waals surface area contributed by atoms with Gasteiger partial charge in [-0.1, -0.05) is 0 Å². The Balaban J connectivity index is 1.80. The van der Waals surface area contributed by atoms with E-state index in [-0.39, 0.29) is 5.91 Å². The van der Waals surface area contributed by atoms with E-state index in [0.29, 0.717) is 13.1 Å². The van der Waals surface area contributed by atoms with Crippen LogP contribution >= 0.6 is 11.3 Å². The molecule has 114 valence electrons. The maximum Gasteiger partial charge on any atom is 0.225 e. The zero-order chi connectivity index (χ0) is 15.2. The number of nitrogens with zero attached hydrogens (tertiary/aromatic N) is 5. The number of aromatic nitrogens is 4. The van der Waals surface area contributed by atoms with Gasteiger partial charge >= 0.3 is 0 Å². The topological polar surface area (TPSA) is 75.9 Å². The average molecular weight is 308 g/mol. The molecule has 8 heteroatoms. The summed E-state index contributed by atoms with van der Waals surface area (Å²) in [4.78, 5) is 17.6. The Morgan fingerprint density at radius 1 is 1.52 bits per heavy atom. The fourth-order valence-electron chi connectivity index (χ4n) is 1.94. The Morgan fingerprint density at radius 3 is 2.95 bits per heavy atom. The van der Waals surface area contributed by atoms with Crippen LogP contribution in [0.4, 0.5) is 5.13 Å². The second-order valence-electron chi connectivity index (χ2n) is 4.67. The standard InChI is InChI=1S/C13H20N6OS/c1-4-19(10(2)20)13-16-11(8-21-13)7-14-6-5-12-17-15-9-18(12)3/h8-9,14H,4-7H2,1-3H3. The molecule has 21 heavy (non-hydrogen) atoms. The van der Waals surface area contributed by atoms with Crippen LogP contribution < -0.4 is 10.2 Å². The largest absolute Gasteiger partial charge is 0.321 e. The lowest BCUT2D eigenvalue weighted by Gasteiger charge is -2.14. The van der Waals surface area contributed by atoms with Crippen molar-refractivity contribution in [3.63, 3.8) is 0 Å². The summed E-state index contributed by atoms with van der Waals surface area (Å²) in [7, 11) is 1.93. The lowest BCUT2D eigenvalue weighted by Crippen LogP contribution is -2.27. The van der Waals surface area contributed by atoms with E-state index < -0.39 is 0 Å². The summed E-state index contributed by atoms with van der Waals surface area (Å²) < 4.78 is 1.91. The molecule has 7 nitrogen and oxygen atoms in total. The third-order valence-electron chi connectivity index (χ3n) is 3.10. The van der Waals surface area contributed by atoms with Crippen LogP contribution in [0.2, 0.25) is 0 Å². The van der Waals surface area contributed by atoms with Crippen molar-refractivity contribution in [3.8, 4) is 0 Å². The molecule has 0 saturated heterocycles. The van der Waals surface area contributed by atoms with Gasteiger partial charge < -0.3 is 9.88 Å². The summed E-state index contributed by atoms with van der Waals surface area (Å²) in [6, 6.07) is 0. The van der Waals surface area contributed by atoms with Crippen molar-refractivity contribution in [2.24, 2.45) is 7.05 Å². The molecule has 0 aromatic carbocycles. The highest BCUT2D eigenvalue weighted by molar-refractivity contribution is 7.14. The van der Waals surface area contributed by atoms with Crippen LogP contribution in [-0.4, -0.2) is 38.7 Å². The first-order chi connectivity index (χ1) is 10.1. The molecule has 2 aromatic heterocycles. The summed E-state index contributed by atoms with van der Waals surface area (Å²) in [5.41, 5.74) is 0.952. The van der Waals surface area contributed by atoms with Crippen LogP contribution in [0.1, 0.15) is 25.4 Å². The third kappa shape index (κ3) is 4.08. The van der Waals surface area contributed by atoms with E-state index in [9.17, 15) is 4.79 Å². The highest BCUT2D eigenvalue weighted by Gasteiger charge is 2.13. The van der Waals surface area contributed by atoms with Crippen molar-refractivity contribution < 1.29 is 4.79 Å². The number of hydrogen-bond acceptors (Lipinski definition) is 6. The quantitative estimate of drug-likeness (QED) is 0.772. The second-order valence-corrected chi connectivity index (χ2v) is 5.51. The molecule has 0 aliphatic rings. The summed E-state index contributed by atoms with van der Waals surface area (Å²) in [5.74, 6) is 0.976. The number of thiazole rings is 1. The van der Waals surface area contributed by atoms with Gasteiger partial charge in [-0.2, -0.15) is 0 Å². The van der Waals surface area contributed by atoms with Gasteiger partial charge in [0.05, 0.1) is 5.69 Å². The maximum absolute atomic E-state index is 11.5. The number of carbonyl (C=O) groups excluding carboxylic acids is 1. The van der Waals surface area contributed by atoms with Crippen molar-refractivity contribution in [1.82, 2.24) is 25.1 Å². The first-order valence-electron chi connectivity index (χ1n) is 6.88. The van der Waals surface area contributed by atoms with Crippen LogP contribution in [0, 0.1) is 0 Å². The molecule has 2 aromatic rings. The van der Waals surface area contributed by atoms with Crippen LogP contribution in [-0.2, 0) is 24.8 Å². The molecule has 0 saturated carbocycles. The van der Waals surface area contributed by atoms with Gasteiger partial charge in [-0.25, -0.2) is 4.98 Å². The minimum absolute atomic E-state index is 0.0219. The monoisotopic (exact) mass is 308 g/mol. The molecule has 0 aliphatic heterocycles. The lowest BCUT2D eigenvalue weighted by atomic mass is 10.4. The fraction of sp³-hybridized carbons (Fsp3) is 0.538. The number of carbonyl (C=O) groups is 1. The molecular formula is C13H20N6OS. The second kappa shape index (κ2) is 7.28. The molecule has 1 amide bonds. The lowest BCUT2D eigenvalue weighted by molar-refractivity contribution is -0.116. The van der Waals surface area contributed by atoms with Gasteiger partial charge in [0.2, 0.25) is 5.91 Å². The summed E-state index contributed by atoms with van der Waals surface area (Å²) in [5, 5.41) is 13.9. The molecule has 0 unspecified atom stereocenters. The molecule has 0 atom stereocenters. The Hall–Kier alpha value is -1.80. The van der Waals surface area contributed by atoms with Crippen molar-refractivity contribution in [2.45, 2.75) is 26.8 Å². The molecular weight excluding hydrogens is 288 g/mol. The van der Waals surface area contributed by atoms with Gasteiger partial charge in [-0.15, -0.1) is 21.5 Å². The van der Waals surface area contributed by atoms with Crippen molar-refractivity contribution in [2.75, 3.05) is 18.0 Å². The number of nitrogens with one attached hydrogen (secondary N) is 1. The van der Waals surface area contributed by atoms with Crippen molar-refractivity contribution in [1.29, 1.82) is 0 Å². The molecule has 0 fully saturated rings. The fourth-order valence-corrected chi connectivity index (χ4v) is 2.88. The van der Waals surface area contributed by atoms with Crippen LogP contribution in [0.25, 0.3) is 0 Å². The molecule has 0 aliphatic carbocycles. The van der Waals surface area contributed by atoms with E-state index >= 15 is 0 Å². The Bertz CT molecular complexity index is 593. The van der Waals surface area contributed by atoms with E-state index in [1.165, 1.54) is 11.3 Å². The number of amides is 1. The normalized spacial score (nSPS) is 10.8. The van der Waals surface area contributed by atoms with E-state index in [4.69, 9.17) is 0 Å². The van der Waals surface area contributed by atoms with Gasteiger partial charge in [0.15, 0.2) is 5.13 Å². The Morgan fingerprint density at radius 2 is 2.33 bits per heavy atom. The minimum atomic E-state index is 0.0219. The maximum atomic E-state index is 11.5. The van der Waals surface area contributed by atoms with Crippen molar-refractivity contribution in [3.05, 3.63) is 23.2 Å². The molecule has 1 N–H and O–H groups in total. The number of rotatable bonds is 7. The van der Waals surface area contributed by atoms with Crippen molar-refractivity contribution >= 4 is 22.4 Å². The van der Waals surface area contributed by atoms with Gasteiger partial charge in [0.1, 0.15) is 12.2 Å². The van der Waals surface area contributed by atoms with E-state index in [1.807, 2.05) is 23.9 Å². The highest BCUT2D eigenvalue weighted by Crippen LogP contribution is 2.20. The predicted octanol–water partition coefficient (Wildman–Crippen LogP) is 0.977. The highest BCUT2D eigenvalue weighted by atomic mass is 32.1. The number of hydrogen-bond donors (Lipinski definition) is 1. The average Bonchev–Trinajstić information content (AvgIpc) is 3.05. The first kappa shape index (κ1) is 15.6. The Kier molecular flexibility index (Phi) is 5.40. The summed E-state index contributed by atoms with van der Waals surface area (Å²) >= 11 is 1.50. The SMILES string of the molecule is CCN(C(C)=O)c1nc(CNCCc2nncn2C)cs1. The van der Waals surface area contributed by atoms with Gasteiger partial charge in [-0.05, 0) is 6.92 Å². The van der Waals surface area contributed by atoms with E-state index in [1.54, 1.807) is 18.2 Å². The number of aryl methyl sites for hydroxylation is 1. The van der Waals surface area contributed by atoms with Gasteiger partial charge in [0, 0.05) is 45.4 Å².